The molecule has 0 aromatic heterocycles. The van der Waals surface area contributed by atoms with Crippen molar-refractivity contribution < 1.29 is 19.1 Å². The van der Waals surface area contributed by atoms with Gasteiger partial charge >= 0.3 is 11.8 Å². The molecule has 0 bridgehead atoms. The molecule has 1 aromatic carbocycles. The maximum absolute atomic E-state index is 12.4. The van der Waals surface area contributed by atoms with Crippen molar-refractivity contribution >= 4 is 17.5 Å². The topological polar surface area (TPSA) is 88.7 Å². The number of hydrogen-bond acceptors (Lipinski definition) is 5. The van der Waals surface area contributed by atoms with E-state index >= 15 is 0 Å². The quantitative estimate of drug-likeness (QED) is 0.649. The zero-order valence-electron chi connectivity index (χ0n) is 17.8. The average Bonchev–Trinajstić information content (AvgIpc) is 2.54. The van der Waals surface area contributed by atoms with Gasteiger partial charge in [-0.25, -0.2) is 0 Å². The highest BCUT2D eigenvalue weighted by Gasteiger charge is 2.38. The lowest BCUT2D eigenvalue weighted by molar-refractivity contribution is -0.137. The van der Waals surface area contributed by atoms with E-state index in [1.165, 1.54) is 0 Å². The summed E-state index contributed by atoms with van der Waals surface area (Å²) in [4.78, 5) is 24.8. The van der Waals surface area contributed by atoms with Gasteiger partial charge in [-0.2, -0.15) is 0 Å². The van der Waals surface area contributed by atoms with Gasteiger partial charge in [0, 0.05) is 28.9 Å². The van der Waals surface area contributed by atoms with Crippen LogP contribution in [0.1, 0.15) is 54.4 Å². The number of rotatable bonds is 6. The molecule has 3 N–H and O–H groups in total. The van der Waals surface area contributed by atoms with E-state index in [2.05, 4.69) is 43.6 Å². The lowest BCUT2D eigenvalue weighted by Gasteiger charge is -2.46. The van der Waals surface area contributed by atoms with E-state index in [0.29, 0.717) is 30.4 Å². The second-order valence-electron chi connectivity index (χ2n) is 8.45. The van der Waals surface area contributed by atoms with E-state index in [4.69, 9.17) is 9.47 Å². The van der Waals surface area contributed by atoms with E-state index in [1.54, 1.807) is 18.2 Å². The molecule has 7 heteroatoms. The van der Waals surface area contributed by atoms with Crippen LogP contribution in [0.2, 0.25) is 0 Å². The molecule has 7 nitrogen and oxygen atoms in total. The summed E-state index contributed by atoms with van der Waals surface area (Å²) in [7, 11) is 0. The van der Waals surface area contributed by atoms with Crippen molar-refractivity contribution in [3.05, 3.63) is 18.2 Å². The Morgan fingerprint density at radius 3 is 2.14 bits per heavy atom. The number of benzene rings is 1. The molecule has 28 heavy (non-hydrogen) atoms. The Labute approximate surface area is 167 Å². The summed E-state index contributed by atoms with van der Waals surface area (Å²) in [6, 6.07) is 5.01. The van der Waals surface area contributed by atoms with Gasteiger partial charge in [0.2, 0.25) is 0 Å². The molecule has 0 spiro atoms. The summed E-state index contributed by atoms with van der Waals surface area (Å²) in [6.45, 7) is 13.1. The van der Waals surface area contributed by atoms with Crippen LogP contribution in [-0.4, -0.2) is 42.1 Å². The third-order valence-electron chi connectivity index (χ3n) is 4.53. The first-order valence-electron chi connectivity index (χ1n) is 9.86. The van der Waals surface area contributed by atoms with Gasteiger partial charge in [0.25, 0.3) is 0 Å². The van der Waals surface area contributed by atoms with Crippen LogP contribution in [0.15, 0.2) is 18.2 Å². The van der Waals surface area contributed by atoms with Crippen LogP contribution < -0.4 is 25.4 Å². The van der Waals surface area contributed by atoms with E-state index < -0.39 is 11.8 Å². The van der Waals surface area contributed by atoms with E-state index in [0.717, 1.165) is 12.8 Å². The molecule has 0 saturated carbocycles. The fraction of sp³-hybridized carbons (Fsp3) is 0.619. The molecule has 0 radical (unpaired) electrons. The average molecular weight is 392 g/mol. The second kappa shape index (κ2) is 8.82. The van der Waals surface area contributed by atoms with Gasteiger partial charge in [0.1, 0.15) is 0 Å². The minimum Gasteiger partial charge on any atom is -0.490 e. The maximum Gasteiger partial charge on any atom is 0.313 e. The van der Waals surface area contributed by atoms with Crippen molar-refractivity contribution in [2.45, 2.75) is 71.5 Å². The molecule has 156 valence electrons. The van der Waals surface area contributed by atoms with Gasteiger partial charge in [0.05, 0.1) is 13.2 Å². The third-order valence-corrected chi connectivity index (χ3v) is 4.53. The maximum atomic E-state index is 12.4. The van der Waals surface area contributed by atoms with Gasteiger partial charge in [-0.15, -0.1) is 0 Å². The Bertz CT molecular complexity index is 700. The highest BCUT2D eigenvalue weighted by atomic mass is 16.5. The van der Waals surface area contributed by atoms with Crippen LogP contribution in [-0.2, 0) is 9.59 Å². The Kier molecular flexibility index (Phi) is 6.93. The van der Waals surface area contributed by atoms with Crippen molar-refractivity contribution in [3.63, 3.8) is 0 Å². The number of carbonyl (C=O) groups is 2. The predicted molar refractivity (Wildman–Crippen MR) is 110 cm³/mol. The van der Waals surface area contributed by atoms with Crippen molar-refractivity contribution in [2.75, 3.05) is 18.5 Å². The molecule has 1 heterocycles. The van der Waals surface area contributed by atoms with Crippen LogP contribution >= 0.6 is 0 Å². The van der Waals surface area contributed by atoms with Gasteiger partial charge in [-0.05, 0) is 66.5 Å². The first-order chi connectivity index (χ1) is 13.0. The summed E-state index contributed by atoms with van der Waals surface area (Å²) in [5.74, 6) is -0.193. The molecule has 1 fully saturated rings. The smallest absolute Gasteiger partial charge is 0.313 e. The Balaban J connectivity index is 2.02. The molecule has 1 aromatic rings. The van der Waals surface area contributed by atoms with Gasteiger partial charge in [-0.1, -0.05) is 0 Å². The molecule has 1 aliphatic heterocycles. The Hall–Kier alpha value is -2.28. The summed E-state index contributed by atoms with van der Waals surface area (Å²) in [6.07, 6.45) is 1.51. The van der Waals surface area contributed by atoms with E-state index in [1.807, 2.05) is 13.8 Å². The molecule has 0 unspecified atom stereocenters. The molecular formula is C21H33N3O4. The lowest BCUT2D eigenvalue weighted by Crippen LogP contribution is -2.62. The number of amides is 2. The zero-order valence-corrected chi connectivity index (χ0v) is 17.8. The highest BCUT2D eigenvalue weighted by Crippen LogP contribution is 2.31. The molecule has 2 amide bonds. The van der Waals surface area contributed by atoms with Crippen molar-refractivity contribution in [3.8, 4) is 11.5 Å². The number of hydrogen-bond donors (Lipinski definition) is 3. The summed E-state index contributed by atoms with van der Waals surface area (Å²) < 4.78 is 11.1. The van der Waals surface area contributed by atoms with Gasteiger partial charge in [-0.3, -0.25) is 9.59 Å². The predicted octanol–water partition coefficient (Wildman–Crippen LogP) is 2.85. The van der Waals surface area contributed by atoms with Crippen LogP contribution in [0.3, 0.4) is 0 Å². The standard InChI is InChI=1S/C21H33N3O4/c1-7-27-16-10-9-14(11-17(16)28-8-2)22-18(25)19(26)23-15-12-20(3,4)24-21(5,6)13-15/h9-11,15,24H,7-8,12-13H2,1-6H3,(H,22,25)(H,23,26). The van der Waals surface area contributed by atoms with Crippen molar-refractivity contribution in [1.82, 2.24) is 10.6 Å². The normalized spacial score (nSPS) is 18.2. The molecule has 1 saturated heterocycles. The van der Waals surface area contributed by atoms with Crippen LogP contribution in [0.4, 0.5) is 5.69 Å². The molecule has 0 aliphatic carbocycles. The Morgan fingerprint density at radius 2 is 1.57 bits per heavy atom. The third kappa shape index (κ3) is 6.12. The Morgan fingerprint density at radius 1 is 1.00 bits per heavy atom. The fourth-order valence-corrected chi connectivity index (χ4v) is 3.99. The first kappa shape index (κ1) is 22.0. The zero-order chi connectivity index (χ0) is 20.9. The van der Waals surface area contributed by atoms with Crippen LogP contribution in [0.25, 0.3) is 0 Å². The van der Waals surface area contributed by atoms with Crippen LogP contribution in [0, 0.1) is 0 Å². The summed E-state index contributed by atoms with van der Waals surface area (Å²) >= 11 is 0. The second-order valence-corrected chi connectivity index (χ2v) is 8.45. The van der Waals surface area contributed by atoms with Gasteiger partial charge in [0.15, 0.2) is 11.5 Å². The SMILES string of the molecule is CCOc1ccc(NC(=O)C(=O)NC2CC(C)(C)NC(C)(C)C2)cc1OCC. The highest BCUT2D eigenvalue weighted by molar-refractivity contribution is 6.39. The van der Waals surface area contributed by atoms with Gasteiger partial charge < -0.3 is 25.4 Å². The molecule has 2 rings (SSSR count). The number of ether oxygens (including phenoxy) is 2. The van der Waals surface area contributed by atoms with E-state index in [-0.39, 0.29) is 17.1 Å². The number of nitrogens with one attached hydrogen (secondary N) is 3. The molecular weight excluding hydrogens is 358 g/mol. The number of anilines is 1. The number of carbonyl (C=O) groups excluding carboxylic acids is 2. The van der Waals surface area contributed by atoms with E-state index in [9.17, 15) is 9.59 Å². The van der Waals surface area contributed by atoms with Crippen LogP contribution in [0.5, 0.6) is 11.5 Å². The van der Waals surface area contributed by atoms with Crippen molar-refractivity contribution in [1.29, 1.82) is 0 Å². The fourth-order valence-electron chi connectivity index (χ4n) is 3.99. The largest absolute Gasteiger partial charge is 0.490 e. The summed E-state index contributed by atoms with van der Waals surface area (Å²) in [5.41, 5.74) is 0.257. The summed E-state index contributed by atoms with van der Waals surface area (Å²) in [5, 5.41) is 9.07. The first-order valence-corrected chi connectivity index (χ1v) is 9.86. The minimum atomic E-state index is -0.694. The minimum absolute atomic E-state index is 0.0659. The van der Waals surface area contributed by atoms with Crippen molar-refractivity contribution in [2.24, 2.45) is 0 Å². The monoisotopic (exact) mass is 391 g/mol. The molecule has 1 aliphatic rings. The molecule has 0 atom stereocenters. The number of piperidine rings is 1. The lowest BCUT2D eigenvalue weighted by atomic mass is 9.79.